The summed E-state index contributed by atoms with van der Waals surface area (Å²) in [7, 11) is 0. The summed E-state index contributed by atoms with van der Waals surface area (Å²) in [6.07, 6.45) is 2.96. The maximum absolute atomic E-state index is 14.5. The number of hydrogen-bond acceptors (Lipinski definition) is 4. The van der Waals surface area contributed by atoms with E-state index in [1.54, 1.807) is 12.1 Å². The third kappa shape index (κ3) is 2.99. The fourth-order valence-electron chi connectivity index (χ4n) is 2.80. The van der Waals surface area contributed by atoms with Gasteiger partial charge in [0, 0.05) is 24.1 Å². The number of H-pyrrole nitrogens is 1. The van der Waals surface area contributed by atoms with Crippen LogP contribution in [0.1, 0.15) is 15.9 Å². The van der Waals surface area contributed by atoms with Crippen LogP contribution in [0.15, 0.2) is 60.9 Å². The van der Waals surface area contributed by atoms with E-state index in [0.29, 0.717) is 16.7 Å². The first-order valence-electron chi connectivity index (χ1n) is 8.03. The zero-order valence-electron chi connectivity index (χ0n) is 13.9. The number of carbonyl (C=O) groups is 1. The zero-order valence-corrected chi connectivity index (χ0v) is 13.9. The van der Waals surface area contributed by atoms with Crippen LogP contribution in [0.4, 0.5) is 14.5 Å². The minimum Gasteiger partial charge on any atom is -0.454 e. The van der Waals surface area contributed by atoms with E-state index in [4.69, 9.17) is 10.5 Å². The quantitative estimate of drug-likeness (QED) is 0.524. The van der Waals surface area contributed by atoms with Crippen molar-refractivity contribution in [3.05, 3.63) is 83.7 Å². The highest BCUT2D eigenvalue weighted by molar-refractivity contribution is 6.18. The minimum absolute atomic E-state index is 0.0357. The highest BCUT2D eigenvalue weighted by Crippen LogP contribution is 2.29. The molecule has 0 bridgehead atoms. The molecule has 0 radical (unpaired) electrons. The van der Waals surface area contributed by atoms with Gasteiger partial charge in [0.25, 0.3) is 0 Å². The summed E-state index contributed by atoms with van der Waals surface area (Å²) < 4.78 is 33.5. The van der Waals surface area contributed by atoms with Gasteiger partial charge >= 0.3 is 0 Å². The molecule has 27 heavy (non-hydrogen) atoms. The van der Waals surface area contributed by atoms with Crippen LogP contribution >= 0.6 is 0 Å². The number of aromatic nitrogens is 2. The Morgan fingerprint density at radius 3 is 2.63 bits per heavy atom. The number of nitrogens with one attached hydrogen (secondary N) is 1. The molecule has 5 nitrogen and oxygen atoms in total. The van der Waals surface area contributed by atoms with Gasteiger partial charge in [-0.1, -0.05) is 12.1 Å². The largest absolute Gasteiger partial charge is 0.454 e. The van der Waals surface area contributed by atoms with Crippen LogP contribution in [0, 0.1) is 11.6 Å². The van der Waals surface area contributed by atoms with Crippen LogP contribution in [0.3, 0.4) is 0 Å². The Labute approximate surface area is 152 Å². The Balaban J connectivity index is 1.68. The number of para-hydroxylation sites is 1. The van der Waals surface area contributed by atoms with Crippen molar-refractivity contribution < 1.29 is 18.3 Å². The second-order valence-corrected chi connectivity index (χ2v) is 5.83. The van der Waals surface area contributed by atoms with E-state index in [1.165, 1.54) is 42.7 Å². The minimum atomic E-state index is -0.786. The van der Waals surface area contributed by atoms with Crippen molar-refractivity contribution in [3.63, 3.8) is 0 Å². The van der Waals surface area contributed by atoms with E-state index in [1.807, 2.05) is 0 Å². The molecule has 0 aliphatic heterocycles. The summed E-state index contributed by atoms with van der Waals surface area (Å²) in [5.74, 6) is -1.86. The lowest BCUT2D eigenvalue weighted by Gasteiger charge is -2.08. The second kappa shape index (κ2) is 6.53. The summed E-state index contributed by atoms with van der Waals surface area (Å²) in [6.45, 7) is 0. The molecule has 0 aliphatic rings. The summed E-state index contributed by atoms with van der Waals surface area (Å²) in [6, 6.07) is 11.1. The normalized spacial score (nSPS) is 10.9. The van der Waals surface area contributed by atoms with Crippen LogP contribution in [0.5, 0.6) is 11.5 Å². The van der Waals surface area contributed by atoms with E-state index >= 15 is 0 Å². The molecule has 0 unspecified atom stereocenters. The molecule has 0 saturated heterocycles. The van der Waals surface area contributed by atoms with Crippen LogP contribution in [0.2, 0.25) is 0 Å². The lowest BCUT2D eigenvalue weighted by molar-refractivity contribution is 0.103. The van der Waals surface area contributed by atoms with Crippen LogP contribution in [-0.4, -0.2) is 15.8 Å². The van der Waals surface area contributed by atoms with Crippen LogP contribution < -0.4 is 10.5 Å². The number of rotatable bonds is 4. The predicted molar refractivity (Wildman–Crippen MR) is 96.8 cm³/mol. The Morgan fingerprint density at radius 1 is 1.04 bits per heavy atom. The lowest BCUT2D eigenvalue weighted by atomic mass is 10.0. The second-order valence-electron chi connectivity index (χ2n) is 5.83. The molecular formula is C20H13F2N3O2. The smallest absolute Gasteiger partial charge is 0.198 e. The SMILES string of the molecule is Nc1ccnc2[nH]cc(C(=O)c3ccc(Oc4ccccc4F)cc3F)c12. The molecule has 0 atom stereocenters. The molecule has 134 valence electrons. The van der Waals surface area contributed by atoms with E-state index < -0.39 is 17.4 Å². The van der Waals surface area contributed by atoms with Gasteiger partial charge in [0.05, 0.1) is 16.5 Å². The van der Waals surface area contributed by atoms with Crippen molar-refractivity contribution in [1.29, 1.82) is 0 Å². The van der Waals surface area contributed by atoms with Gasteiger partial charge in [0.2, 0.25) is 0 Å². The van der Waals surface area contributed by atoms with E-state index in [9.17, 15) is 13.6 Å². The van der Waals surface area contributed by atoms with Crippen molar-refractivity contribution in [2.75, 3.05) is 5.73 Å². The fraction of sp³-hybridized carbons (Fsp3) is 0. The molecule has 0 fully saturated rings. The zero-order chi connectivity index (χ0) is 19.0. The number of carbonyl (C=O) groups excluding carboxylic acids is 1. The number of hydrogen-bond donors (Lipinski definition) is 2. The molecule has 2 aromatic heterocycles. The molecular weight excluding hydrogens is 352 g/mol. The van der Waals surface area contributed by atoms with Crippen molar-refractivity contribution in [2.45, 2.75) is 0 Å². The maximum Gasteiger partial charge on any atom is 0.198 e. The Bertz CT molecular complexity index is 1170. The standard InChI is InChI=1S/C20H13F2N3O2/c21-14-3-1-2-4-17(14)27-11-5-6-12(15(22)9-11)19(26)13-10-25-20-18(13)16(23)7-8-24-20/h1-10H,(H3,23,24,25). The van der Waals surface area contributed by atoms with E-state index in [2.05, 4.69) is 9.97 Å². The number of aromatic amines is 1. The first-order chi connectivity index (χ1) is 13.0. The summed E-state index contributed by atoms with van der Waals surface area (Å²) in [5.41, 5.74) is 6.79. The van der Waals surface area contributed by atoms with Crippen molar-refractivity contribution in [1.82, 2.24) is 9.97 Å². The molecule has 2 aromatic carbocycles. The molecule has 0 saturated carbocycles. The van der Waals surface area contributed by atoms with Crippen LogP contribution in [-0.2, 0) is 0 Å². The molecule has 7 heteroatoms. The average Bonchev–Trinajstić information content (AvgIpc) is 3.09. The van der Waals surface area contributed by atoms with Gasteiger partial charge in [-0.3, -0.25) is 4.79 Å². The maximum atomic E-state index is 14.5. The van der Waals surface area contributed by atoms with Gasteiger partial charge in [-0.15, -0.1) is 0 Å². The van der Waals surface area contributed by atoms with Gasteiger partial charge in [-0.2, -0.15) is 0 Å². The number of ketones is 1. The van der Waals surface area contributed by atoms with Crippen molar-refractivity contribution in [2.24, 2.45) is 0 Å². The van der Waals surface area contributed by atoms with E-state index in [-0.39, 0.29) is 22.6 Å². The molecule has 4 rings (SSSR count). The molecule has 4 aromatic rings. The number of pyridine rings is 1. The Kier molecular flexibility index (Phi) is 4.04. The molecule has 0 amide bonds. The number of anilines is 1. The highest BCUT2D eigenvalue weighted by atomic mass is 19.1. The summed E-state index contributed by atoms with van der Waals surface area (Å²) in [5, 5.41) is 0.439. The fourth-order valence-corrected chi connectivity index (χ4v) is 2.80. The number of nitrogens with two attached hydrogens (primary N) is 1. The first kappa shape index (κ1) is 16.7. The monoisotopic (exact) mass is 365 g/mol. The molecule has 0 aliphatic carbocycles. The van der Waals surface area contributed by atoms with Crippen molar-refractivity contribution in [3.8, 4) is 11.5 Å². The number of ether oxygens (including phenoxy) is 1. The van der Waals surface area contributed by atoms with Gasteiger partial charge in [0.1, 0.15) is 17.2 Å². The summed E-state index contributed by atoms with van der Waals surface area (Å²) in [4.78, 5) is 19.7. The highest BCUT2D eigenvalue weighted by Gasteiger charge is 2.20. The third-order valence-electron chi connectivity index (χ3n) is 4.10. The van der Waals surface area contributed by atoms with Gasteiger partial charge in [-0.25, -0.2) is 13.8 Å². The van der Waals surface area contributed by atoms with Gasteiger partial charge in [-0.05, 0) is 30.3 Å². The molecule has 2 heterocycles. The topological polar surface area (TPSA) is 81.0 Å². The van der Waals surface area contributed by atoms with Crippen LogP contribution in [0.25, 0.3) is 11.0 Å². The Hall–Kier alpha value is -3.74. The number of halogens is 2. The molecule has 3 N–H and O–H groups in total. The Morgan fingerprint density at radius 2 is 1.85 bits per heavy atom. The number of nitrogen functional groups attached to an aromatic ring is 1. The number of benzene rings is 2. The summed E-state index contributed by atoms with van der Waals surface area (Å²) >= 11 is 0. The predicted octanol–water partition coefficient (Wildman–Crippen LogP) is 4.45. The third-order valence-corrected chi connectivity index (χ3v) is 4.10. The lowest BCUT2D eigenvalue weighted by Crippen LogP contribution is -2.05. The number of nitrogens with zero attached hydrogens (tertiary/aromatic N) is 1. The number of fused-ring (bicyclic) bond motifs is 1. The van der Waals surface area contributed by atoms with E-state index in [0.717, 1.165) is 6.07 Å². The van der Waals surface area contributed by atoms with Crippen molar-refractivity contribution >= 4 is 22.5 Å². The average molecular weight is 365 g/mol. The van der Waals surface area contributed by atoms with Gasteiger partial charge < -0.3 is 15.5 Å². The first-order valence-corrected chi connectivity index (χ1v) is 8.03. The van der Waals surface area contributed by atoms with Gasteiger partial charge in [0.15, 0.2) is 17.3 Å². The molecule has 0 spiro atoms.